The Kier molecular flexibility index (Phi) is 6.15. The zero-order valence-corrected chi connectivity index (χ0v) is 14.5. The van der Waals surface area contributed by atoms with Gasteiger partial charge in [0.2, 0.25) is 0 Å². The first-order valence-corrected chi connectivity index (χ1v) is 7.54. The number of halogens is 11. The third kappa shape index (κ3) is 4.19. The molecule has 29 heavy (non-hydrogen) atoms. The highest BCUT2D eigenvalue weighted by Crippen LogP contribution is 2.59. The summed E-state index contributed by atoms with van der Waals surface area (Å²) < 4.78 is 144. The van der Waals surface area contributed by atoms with Gasteiger partial charge in [-0.15, -0.1) is 0 Å². The molecule has 1 N–H and O–H groups in total. The largest absolute Gasteiger partial charge is 0.460 e. The van der Waals surface area contributed by atoms with E-state index >= 15 is 0 Å². The topological polar surface area (TPSA) is 37.3 Å². The first-order chi connectivity index (χ1) is 12.6. The number of alkyl halides is 11. The molecule has 0 aliphatic carbocycles. The van der Waals surface area contributed by atoms with Crippen LogP contribution in [0.2, 0.25) is 0 Å². The lowest BCUT2D eigenvalue weighted by molar-refractivity contribution is -0.424. The molecule has 0 fully saturated rings. The summed E-state index contributed by atoms with van der Waals surface area (Å²) in [7, 11) is 0. The van der Waals surface area contributed by atoms with Crippen LogP contribution in [0.25, 0.3) is 0 Å². The smallest absolute Gasteiger partial charge is 0.385 e. The number of carbonyl (C=O) groups is 1. The monoisotopic (exact) mass is 446 g/mol. The van der Waals surface area contributed by atoms with Gasteiger partial charge >= 0.3 is 29.9 Å². The molecule has 0 heterocycles. The van der Waals surface area contributed by atoms with E-state index in [0.717, 1.165) is 31.2 Å². The van der Waals surface area contributed by atoms with E-state index in [-0.39, 0.29) is 5.56 Å². The summed E-state index contributed by atoms with van der Waals surface area (Å²) in [6.45, 7) is 1.42. The Morgan fingerprint density at radius 1 is 0.862 bits per heavy atom. The second kappa shape index (κ2) is 7.10. The van der Waals surface area contributed by atoms with Gasteiger partial charge in [-0.1, -0.05) is 18.2 Å². The zero-order chi connectivity index (χ0) is 23.3. The summed E-state index contributed by atoms with van der Waals surface area (Å²) >= 11 is 0. The predicted molar refractivity (Wildman–Crippen MR) is 76.5 cm³/mol. The van der Waals surface area contributed by atoms with Crippen LogP contribution in [0.3, 0.4) is 0 Å². The van der Waals surface area contributed by atoms with E-state index in [1.165, 1.54) is 0 Å². The molecule has 0 radical (unpaired) electrons. The van der Waals surface area contributed by atoms with Gasteiger partial charge < -0.3 is 5.11 Å². The zero-order valence-electron chi connectivity index (χ0n) is 14.5. The predicted octanol–water partition coefficient (Wildman–Crippen LogP) is 5.59. The van der Waals surface area contributed by atoms with E-state index < -0.39 is 53.2 Å². The van der Waals surface area contributed by atoms with E-state index in [2.05, 4.69) is 0 Å². The van der Waals surface area contributed by atoms with Crippen LogP contribution in [-0.2, 0) is 5.60 Å². The number of rotatable bonds is 7. The first kappa shape index (κ1) is 25.1. The highest BCUT2D eigenvalue weighted by atomic mass is 19.4. The lowest BCUT2D eigenvalue weighted by Gasteiger charge is -2.39. The fourth-order valence-electron chi connectivity index (χ4n) is 2.32. The Morgan fingerprint density at radius 2 is 1.34 bits per heavy atom. The number of hydrogen-bond acceptors (Lipinski definition) is 2. The van der Waals surface area contributed by atoms with E-state index in [1.807, 2.05) is 0 Å². The fourth-order valence-corrected chi connectivity index (χ4v) is 2.32. The van der Waals surface area contributed by atoms with Crippen molar-refractivity contribution in [1.29, 1.82) is 0 Å². The maximum Gasteiger partial charge on any atom is 0.460 e. The molecular weight excluding hydrogens is 433 g/mol. The van der Waals surface area contributed by atoms with Crippen molar-refractivity contribution in [3.8, 4) is 0 Å². The van der Waals surface area contributed by atoms with Gasteiger partial charge in [0.15, 0.2) is 5.78 Å². The maximum absolute atomic E-state index is 13.9. The summed E-state index contributed by atoms with van der Waals surface area (Å²) in [4.78, 5) is 11.3. The molecule has 0 aliphatic heterocycles. The molecule has 1 unspecified atom stereocenters. The van der Waals surface area contributed by atoms with Crippen LogP contribution in [-0.4, -0.2) is 40.8 Å². The van der Waals surface area contributed by atoms with Crippen molar-refractivity contribution in [1.82, 2.24) is 0 Å². The van der Waals surface area contributed by atoms with Gasteiger partial charge in [-0.05, 0) is 25.5 Å². The van der Waals surface area contributed by atoms with E-state index in [9.17, 15) is 58.2 Å². The molecular formula is C16H13F11O2. The van der Waals surface area contributed by atoms with Gasteiger partial charge in [-0.3, -0.25) is 4.79 Å². The summed E-state index contributed by atoms with van der Waals surface area (Å²) in [6.07, 6.45) is -9.91. The number of carbonyl (C=O) groups excluding carboxylic acids is 1. The summed E-state index contributed by atoms with van der Waals surface area (Å²) in [5.74, 6) is -29.1. The number of hydrogen-bond donors (Lipinski definition) is 1. The lowest BCUT2D eigenvalue weighted by Crippen LogP contribution is -2.67. The van der Waals surface area contributed by atoms with Crippen molar-refractivity contribution >= 4 is 5.78 Å². The Morgan fingerprint density at radius 3 is 1.76 bits per heavy atom. The Hall–Kier alpha value is -1.92. The molecule has 0 spiro atoms. The van der Waals surface area contributed by atoms with Crippen LogP contribution in [0.1, 0.15) is 36.2 Å². The average molecular weight is 446 g/mol. The van der Waals surface area contributed by atoms with Gasteiger partial charge in [0.05, 0.1) is 12.0 Å². The van der Waals surface area contributed by atoms with Gasteiger partial charge in [-0.25, -0.2) is 0 Å². The lowest BCUT2D eigenvalue weighted by atomic mass is 9.84. The molecule has 0 bridgehead atoms. The molecule has 0 aromatic heterocycles. The van der Waals surface area contributed by atoms with Crippen LogP contribution in [0.4, 0.5) is 48.3 Å². The maximum atomic E-state index is 13.9. The fraction of sp³-hybridized carbons (Fsp3) is 0.562. The van der Waals surface area contributed by atoms with Crippen LogP contribution in [0.5, 0.6) is 0 Å². The Bertz CT molecular complexity index is 766. The molecule has 0 aliphatic rings. The third-order valence-electron chi connectivity index (χ3n) is 4.06. The van der Waals surface area contributed by atoms with Crippen LogP contribution in [0.15, 0.2) is 24.3 Å². The summed E-state index contributed by atoms with van der Waals surface area (Å²) in [5, 5.41) is 10.0. The minimum atomic E-state index is -7.54. The highest BCUT2D eigenvalue weighted by Gasteiger charge is 2.87. The molecule has 1 atom stereocenters. The SMILES string of the molecule is CC(=O)c1cccc(C(C)(O)CC(F)(F)C(F)(F)C(F)(F)C(F)(F)C(F)(F)F)c1. The molecule has 0 amide bonds. The van der Waals surface area contributed by atoms with Crippen LogP contribution >= 0.6 is 0 Å². The van der Waals surface area contributed by atoms with Crippen LogP contribution < -0.4 is 0 Å². The van der Waals surface area contributed by atoms with E-state index in [1.54, 1.807) is 0 Å². The molecule has 1 rings (SSSR count). The van der Waals surface area contributed by atoms with E-state index in [4.69, 9.17) is 0 Å². The molecule has 13 heteroatoms. The molecule has 1 aromatic rings. The quantitative estimate of drug-likeness (QED) is 0.438. The normalized spacial score (nSPS) is 16.5. The number of aliphatic hydroxyl groups is 1. The number of ketones is 1. The Balaban J connectivity index is 3.39. The third-order valence-corrected chi connectivity index (χ3v) is 4.06. The van der Waals surface area contributed by atoms with Gasteiger partial charge in [-0.2, -0.15) is 48.3 Å². The van der Waals surface area contributed by atoms with Crippen molar-refractivity contribution in [2.24, 2.45) is 0 Å². The molecule has 2 nitrogen and oxygen atoms in total. The average Bonchev–Trinajstić information content (AvgIpc) is 2.52. The second-order valence-corrected chi connectivity index (χ2v) is 6.51. The molecule has 1 aromatic carbocycles. The van der Waals surface area contributed by atoms with Gasteiger partial charge in [0, 0.05) is 5.56 Å². The van der Waals surface area contributed by atoms with Gasteiger partial charge in [0.1, 0.15) is 0 Å². The van der Waals surface area contributed by atoms with Crippen molar-refractivity contribution in [3.05, 3.63) is 35.4 Å². The number of benzene rings is 1. The Labute approximate surface area is 156 Å². The molecule has 0 saturated heterocycles. The van der Waals surface area contributed by atoms with E-state index in [0.29, 0.717) is 6.92 Å². The number of Topliss-reactive ketones (excluding diaryl/α,β-unsaturated/α-hetero) is 1. The van der Waals surface area contributed by atoms with Crippen molar-refractivity contribution < 1.29 is 58.2 Å². The van der Waals surface area contributed by atoms with Crippen LogP contribution in [0, 0.1) is 0 Å². The second-order valence-electron chi connectivity index (χ2n) is 6.51. The van der Waals surface area contributed by atoms with Crippen molar-refractivity contribution in [2.45, 2.75) is 55.7 Å². The summed E-state index contributed by atoms with van der Waals surface area (Å²) in [5.41, 5.74) is -3.97. The molecule has 0 saturated carbocycles. The minimum Gasteiger partial charge on any atom is -0.385 e. The first-order valence-electron chi connectivity index (χ1n) is 7.54. The summed E-state index contributed by atoms with van der Waals surface area (Å²) in [6, 6.07) is 3.73. The van der Waals surface area contributed by atoms with Gasteiger partial charge in [0.25, 0.3) is 0 Å². The van der Waals surface area contributed by atoms with Crippen molar-refractivity contribution in [3.63, 3.8) is 0 Å². The van der Waals surface area contributed by atoms with Crippen molar-refractivity contribution in [2.75, 3.05) is 0 Å². The molecule has 166 valence electrons. The minimum absolute atomic E-state index is 0.202. The standard InChI is InChI=1S/C16H13F11O2/c1-8(28)9-4-3-5-10(6-9)11(2,29)7-12(17,18)13(19,20)14(21,22)15(23,24)16(25,26)27/h3-6,29H,7H2,1-2H3. The highest BCUT2D eigenvalue weighted by molar-refractivity contribution is 5.94.